The summed E-state index contributed by atoms with van der Waals surface area (Å²) in [7, 11) is 0. The Morgan fingerprint density at radius 3 is 1.29 bits per heavy atom. The Kier molecular flexibility index (Phi) is 10.6. The molecule has 0 unspecified atom stereocenters. The summed E-state index contributed by atoms with van der Waals surface area (Å²) >= 11 is 0. The molecule has 4 rings (SSSR count). The third-order valence-corrected chi connectivity index (χ3v) is 7.25. The van der Waals surface area contributed by atoms with Gasteiger partial charge in [0.2, 0.25) is 0 Å². The number of non-ortho nitro benzene ring substituents is 2. The van der Waals surface area contributed by atoms with Crippen molar-refractivity contribution in [2.24, 2.45) is 0 Å². The Hall–Kier alpha value is -4.74. The van der Waals surface area contributed by atoms with Crippen molar-refractivity contribution in [3.05, 3.63) is 80.1 Å². The van der Waals surface area contributed by atoms with E-state index in [1.807, 2.05) is 0 Å². The fraction of sp³-hybridized carbons (Fsp3) is 0.400. The Balaban J connectivity index is 1.05. The number of aromatic nitrogens is 2. The Labute approximate surface area is 242 Å². The zero-order valence-corrected chi connectivity index (χ0v) is 23.3. The number of fused-ring (bicyclic) bond motifs is 2. The van der Waals surface area contributed by atoms with Crippen LogP contribution in [0.2, 0.25) is 0 Å². The number of nitro groups is 2. The zero-order chi connectivity index (χ0) is 29.9. The van der Waals surface area contributed by atoms with Crippen LogP contribution in [0.4, 0.5) is 11.4 Å². The van der Waals surface area contributed by atoms with Crippen molar-refractivity contribution in [3.63, 3.8) is 0 Å². The van der Waals surface area contributed by atoms with Gasteiger partial charge in [0.05, 0.1) is 33.3 Å². The highest BCUT2D eigenvalue weighted by Gasteiger charge is 2.15. The maximum Gasteiger partial charge on any atom is 0.271 e. The number of hydrogen-bond donors (Lipinski definition) is 0. The average Bonchev–Trinajstić information content (AvgIpc) is 3.53. The number of carbonyl (C=O) groups is 2. The van der Waals surface area contributed by atoms with Crippen LogP contribution in [0.5, 0.6) is 0 Å². The van der Waals surface area contributed by atoms with Gasteiger partial charge in [0.15, 0.2) is 12.6 Å². The fourth-order valence-corrected chi connectivity index (χ4v) is 5.00. The van der Waals surface area contributed by atoms with E-state index in [1.54, 1.807) is 24.5 Å². The van der Waals surface area contributed by atoms with Gasteiger partial charge in [-0.1, -0.05) is 38.5 Å². The highest BCUT2D eigenvalue weighted by molar-refractivity contribution is 5.99. The highest BCUT2D eigenvalue weighted by atomic mass is 16.7. The summed E-state index contributed by atoms with van der Waals surface area (Å²) in [4.78, 5) is 55.5. The van der Waals surface area contributed by atoms with Crippen molar-refractivity contribution in [3.8, 4) is 0 Å². The SMILES string of the molecule is O=Cc1cn(OCCCCCCCCCCCCOn2cc(C=O)c3ccc([N+](=O)[O-])cc32)c2cc([N+](=O)[O-])ccc12. The molecule has 0 N–H and O–H groups in total. The number of carbonyl (C=O) groups excluding carboxylic acids is 2. The van der Waals surface area contributed by atoms with Crippen molar-refractivity contribution in [2.75, 3.05) is 13.2 Å². The van der Waals surface area contributed by atoms with E-state index in [0.29, 0.717) is 46.1 Å². The van der Waals surface area contributed by atoms with E-state index in [4.69, 9.17) is 9.68 Å². The number of aldehydes is 2. The summed E-state index contributed by atoms with van der Waals surface area (Å²) in [6, 6.07) is 8.73. The predicted molar refractivity (Wildman–Crippen MR) is 157 cm³/mol. The average molecular weight is 579 g/mol. The molecule has 0 aliphatic rings. The van der Waals surface area contributed by atoms with Crippen LogP contribution < -0.4 is 9.68 Å². The van der Waals surface area contributed by atoms with Gasteiger partial charge in [-0.2, -0.15) is 9.46 Å². The highest BCUT2D eigenvalue weighted by Crippen LogP contribution is 2.26. The van der Waals surface area contributed by atoms with E-state index < -0.39 is 9.85 Å². The number of unbranched alkanes of at least 4 members (excludes halogenated alkanes) is 9. The summed E-state index contributed by atoms with van der Waals surface area (Å²) in [5.74, 6) is 0. The van der Waals surface area contributed by atoms with Crippen molar-refractivity contribution in [1.29, 1.82) is 0 Å². The first-order chi connectivity index (χ1) is 20.4. The van der Waals surface area contributed by atoms with Crippen LogP contribution in [-0.4, -0.2) is 45.1 Å². The van der Waals surface area contributed by atoms with Gasteiger partial charge in [0.1, 0.15) is 13.2 Å². The van der Waals surface area contributed by atoms with E-state index >= 15 is 0 Å². The van der Waals surface area contributed by atoms with Gasteiger partial charge in [-0.25, -0.2) is 0 Å². The molecule has 4 aromatic rings. The number of benzene rings is 2. The number of nitro benzene ring substituents is 2. The molecule has 0 saturated heterocycles. The Bertz CT molecular complexity index is 1440. The molecule has 12 heteroatoms. The molecule has 0 fully saturated rings. The minimum absolute atomic E-state index is 0.0499. The molecule has 0 amide bonds. The van der Waals surface area contributed by atoms with Crippen LogP contribution in [0.25, 0.3) is 21.8 Å². The van der Waals surface area contributed by atoms with E-state index in [-0.39, 0.29) is 11.4 Å². The molecule has 42 heavy (non-hydrogen) atoms. The Morgan fingerprint density at radius 1 is 0.595 bits per heavy atom. The van der Waals surface area contributed by atoms with Crippen LogP contribution >= 0.6 is 0 Å². The molecule has 0 saturated carbocycles. The zero-order valence-electron chi connectivity index (χ0n) is 23.3. The fourth-order valence-electron chi connectivity index (χ4n) is 5.00. The minimum atomic E-state index is -0.469. The summed E-state index contributed by atoms with van der Waals surface area (Å²) in [6.07, 6.45) is 15.1. The molecule has 222 valence electrons. The quantitative estimate of drug-likeness (QED) is 0.0530. The largest absolute Gasteiger partial charge is 0.414 e. The molecule has 2 aromatic carbocycles. The molecule has 0 atom stereocenters. The second-order valence-corrected chi connectivity index (χ2v) is 10.2. The molecule has 12 nitrogen and oxygen atoms in total. The molecule has 0 spiro atoms. The van der Waals surface area contributed by atoms with E-state index in [9.17, 15) is 29.8 Å². The van der Waals surface area contributed by atoms with Crippen molar-refractivity contribution < 1.29 is 29.1 Å². The first-order valence-corrected chi connectivity index (χ1v) is 14.2. The normalized spacial score (nSPS) is 11.1. The van der Waals surface area contributed by atoms with Gasteiger partial charge in [0.25, 0.3) is 11.4 Å². The lowest BCUT2D eigenvalue weighted by Gasteiger charge is -2.08. The van der Waals surface area contributed by atoms with Gasteiger partial charge in [0, 0.05) is 46.2 Å². The monoisotopic (exact) mass is 578 g/mol. The lowest BCUT2D eigenvalue weighted by atomic mass is 10.1. The molecule has 0 bridgehead atoms. The molecular formula is C30H34N4O8. The number of nitrogens with zero attached hydrogens (tertiary/aromatic N) is 4. The lowest BCUT2D eigenvalue weighted by Crippen LogP contribution is -2.11. The molecule has 0 radical (unpaired) electrons. The molecule has 2 heterocycles. The van der Waals surface area contributed by atoms with Gasteiger partial charge in [-0.05, 0) is 37.8 Å². The first kappa shape index (κ1) is 30.2. The first-order valence-electron chi connectivity index (χ1n) is 14.2. The maximum absolute atomic E-state index is 11.3. The molecule has 2 aromatic heterocycles. The van der Waals surface area contributed by atoms with E-state index in [0.717, 1.165) is 76.8 Å². The molecule has 0 aliphatic heterocycles. The second kappa shape index (κ2) is 14.8. The molecule has 0 aliphatic carbocycles. The van der Waals surface area contributed by atoms with Gasteiger partial charge in [-0.15, -0.1) is 0 Å². The number of rotatable bonds is 19. The maximum atomic E-state index is 11.3. The van der Waals surface area contributed by atoms with Crippen molar-refractivity contribution in [2.45, 2.75) is 64.2 Å². The second-order valence-electron chi connectivity index (χ2n) is 10.2. The summed E-state index contributed by atoms with van der Waals surface area (Å²) in [5.41, 5.74) is 1.79. The smallest absolute Gasteiger partial charge is 0.271 e. The van der Waals surface area contributed by atoms with Crippen molar-refractivity contribution >= 4 is 45.8 Å². The summed E-state index contributed by atoms with van der Waals surface area (Å²) in [5, 5.41) is 23.4. The van der Waals surface area contributed by atoms with Crippen LogP contribution in [0, 0.1) is 20.2 Å². The van der Waals surface area contributed by atoms with Gasteiger partial charge in [-0.3, -0.25) is 29.8 Å². The molecular weight excluding hydrogens is 544 g/mol. The third-order valence-electron chi connectivity index (χ3n) is 7.25. The van der Waals surface area contributed by atoms with Crippen LogP contribution in [0.15, 0.2) is 48.8 Å². The standard InChI is InChI=1S/C30H34N4O8/c35-21-23-19-31(29-17-25(33(37)38)11-13-27(23)29)41-15-9-7-5-3-1-2-4-6-8-10-16-42-32-20-24(22-36)28-14-12-26(34(39)40)18-30(28)32/h11-14,17-22H,1-10,15-16H2. The summed E-state index contributed by atoms with van der Waals surface area (Å²) in [6.45, 7) is 0.915. The van der Waals surface area contributed by atoms with Crippen molar-refractivity contribution in [1.82, 2.24) is 9.46 Å². The minimum Gasteiger partial charge on any atom is -0.414 e. The van der Waals surface area contributed by atoms with Crippen LogP contribution in [0.3, 0.4) is 0 Å². The van der Waals surface area contributed by atoms with Gasteiger partial charge >= 0.3 is 0 Å². The van der Waals surface area contributed by atoms with Gasteiger partial charge < -0.3 is 9.68 Å². The third kappa shape index (κ3) is 7.50. The number of hydrogen-bond acceptors (Lipinski definition) is 8. The Morgan fingerprint density at radius 2 is 0.952 bits per heavy atom. The van der Waals surface area contributed by atoms with E-state index in [1.165, 1.54) is 33.7 Å². The summed E-state index contributed by atoms with van der Waals surface area (Å²) < 4.78 is 2.90. The lowest BCUT2D eigenvalue weighted by molar-refractivity contribution is -0.384. The topological polar surface area (TPSA) is 149 Å². The van der Waals surface area contributed by atoms with Crippen LogP contribution in [0.1, 0.15) is 84.9 Å². The van der Waals surface area contributed by atoms with E-state index in [2.05, 4.69) is 0 Å². The predicted octanol–water partition coefficient (Wildman–Crippen LogP) is 6.50. The van der Waals surface area contributed by atoms with Crippen LogP contribution in [-0.2, 0) is 0 Å².